The number of amides is 1. The molecule has 1 aliphatic rings. The maximum Gasteiger partial charge on any atom is 0.237 e. The molecule has 3 N–H and O–H groups in total. The first-order valence-electron chi connectivity index (χ1n) is 6.76. The van der Waals surface area contributed by atoms with E-state index in [1.165, 1.54) is 0 Å². The maximum absolute atomic E-state index is 11.8. The third kappa shape index (κ3) is 3.30. The molecular weight excluding hydrogens is 260 g/mol. The zero-order valence-corrected chi connectivity index (χ0v) is 12.4. The predicted molar refractivity (Wildman–Crippen MR) is 76.9 cm³/mol. The molecular formula is C13H22N4OS. The molecule has 0 bridgehead atoms. The van der Waals surface area contributed by atoms with E-state index in [0.29, 0.717) is 5.25 Å². The summed E-state index contributed by atoms with van der Waals surface area (Å²) in [6, 6.07) is 0. The number of carbonyl (C=O) groups excluding carboxylic acids is 1. The van der Waals surface area contributed by atoms with Crippen LogP contribution in [0.3, 0.4) is 0 Å². The van der Waals surface area contributed by atoms with Crippen molar-refractivity contribution >= 4 is 17.7 Å². The van der Waals surface area contributed by atoms with E-state index in [1.54, 1.807) is 16.4 Å². The molecule has 0 radical (unpaired) electrons. The van der Waals surface area contributed by atoms with Gasteiger partial charge in [-0.3, -0.25) is 9.48 Å². The van der Waals surface area contributed by atoms with Gasteiger partial charge in [0.05, 0.1) is 11.7 Å². The van der Waals surface area contributed by atoms with Crippen LogP contribution in [0.5, 0.6) is 0 Å². The molecule has 106 valence electrons. The number of hydrogen-bond acceptors (Lipinski definition) is 4. The number of nitrogens with zero attached hydrogens (tertiary/aromatic N) is 2. The van der Waals surface area contributed by atoms with Crippen LogP contribution in [-0.2, 0) is 11.8 Å². The number of rotatable bonds is 5. The van der Waals surface area contributed by atoms with Crippen molar-refractivity contribution in [3.05, 3.63) is 12.4 Å². The normalized spacial score (nSPS) is 27.4. The molecule has 1 aromatic rings. The fraction of sp³-hybridized carbons (Fsp3) is 0.692. The maximum atomic E-state index is 11.8. The van der Waals surface area contributed by atoms with Gasteiger partial charge in [-0.25, -0.2) is 0 Å². The molecule has 19 heavy (non-hydrogen) atoms. The van der Waals surface area contributed by atoms with Gasteiger partial charge in [0.15, 0.2) is 0 Å². The van der Waals surface area contributed by atoms with Crippen molar-refractivity contribution in [1.29, 1.82) is 0 Å². The molecule has 1 fully saturated rings. The summed E-state index contributed by atoms with van der Waals surface area (Å²) in [5.74, 6) is -0.217. The Kier molecular flexibility index (Phi) is 4.52. The van der Waals surface area contributed by atoms with Gasteiger partial charge >= 0.3 is 0 Å². The number of aryl methyl sites for hydroxylation is 1. The van der Waals surface area contributed by atoms with E-state index in [-0.39, 0.29) is 5.91 Å². The van der Waals surface area contributed by atoms with E-state index in [2.05, 4.69) is 10.4 Å². The molecule has 6 heteroatoms. The lowest BCUT2D eigenvalue weighted by atomic mass is 9.80. The molecule has 5 nitrogen and oxygen atoms in total. The molecule has 0 aliphatic heterocycles. The summed E-state index contributed by atoms with van der Waals surface area (Å²) in [6.07, 6.45) is 7.70. The summed E-state index contributed by atoms with van der Waals surface area (Å²) in [4.78, 5) is 13.0. The first-order chi connectivity index (χ1) is 9.05. The molecule has 1 saturated carbocycles. The minimum Gasteiger partial charge on any atom is -0.368 e. The van der Waals surface area contributed by atoms with Crippen LogP contribution < -0.4 is 11.1 Å². The van der Waals surface area contributed by atoms with E-state index in [4.69, 9.17) is 5.73 Å². The Morgan fingerprint density at radius 2 is 2.53 bits per heavy atom. The quantitative estimate of drug-likeness (QED) is 0.853. The number of nitrogens with two attached hydrogens (primary N) is 1. The molecule has 2 rings (SSSR count). The third-order valence-electron chi connectivity index (χ3n) is 3.68. The van der Waals surface area contributed by atoms with Crippen molar-refractivity contribution in [3.8, 4) is 0 Å². The highest BCUT2D eigenvalue weighted by Gasteiger charge is 2.40. The molecule has 2 atom stereocenters. The molecule has 0 saturated heterocycles. The highest BCUT2D eigenvalue weighted by molar-refractivity contribution is 8.00. The average Bonchev–Trinajstić information content (AvgIpc) is 2.75. The Morgan fingerprint density at radius 1 is 1.74 bits per heavy atom. The van der Waals surface area contributed by atoms with Crippen LogP contribution in [0, 0.1) is 0 Å². The fourth-order valence-corrected chi connectivity index (χ4v) is 4.15. The minimum absolute atomic E-state index is 0.217. The molecule has 1 aliphatic carbocycles. The van der Waals surface area contributed by atoms with Crippen molar-refractivity contribution in [2.45, 2.75) is 48.3 Å². The van der Waals surface area contributed by atoms with Crippen LogP contribution in [0.1, 0.15) is 32.6 Å². The van der Waals surface area contributed by atoms with Gasteiger partial charge in [0.2, 0.25) is 5.91 Å². The first kappa shape index (κ1) is 14.4. The highest BCUT2D eigenvalue weighted by Crippen LogP contribution is 2.38. The van der Waals surface area contributed by atoms with Gasteiger partial charge in [-0.2, -0.15) is 5.10 Å². The first-order valence-corrected chi connectivity index (χ1v) is 7.64. The lowest BCUT2D eigenvalue weighted by molar-refractivity contribution is -0.125. The van der Waals surface area contributed by atoms with E-state index in [9.17, 15) is 4.79 Å². The molecule has 2 unspecified atom stereocenters. The van der Waals surface area contributed by atoms with Crippen molar-refractivity contribution < 1.29 is 4.79 Å². The minimum atomic E-state index is -0.521. The zero-order valence-electron chi connectivity index (χ0n) is 11.6. The number of aromatic nitrogens is 2. The molecule has 1 heterocycles. The smallest absolute Gasteiger partial charge is 0.237 e. The summed E-state index contributed by atoms with van der Waals surface area (Å²) in [5.41, 5.74) is 5.10. The lowest BCUT2D eigenvalue weighted by Gasteiger charge is -2.38. The summed E-state index contributed by atoms with van der Waals surface area (Å²) >= 11 is 1.80. The monoisotopic (exact) mass is 282 g/mol. The second-order valence-electron chi connectivity index (χ2n) is 5.16. The van der Waals surface area contributed by atoms with Crippen molar-refractivity contribution in [3.63, 3.8) is 0 Å². The van der Waals surface area contributed by atoms with E-state index < -0.39 is 5.54 Å². The van der Waals surface area contributed by atoms with E-state index in [0.717, 1.165) is 37.1 Å². The molecule has 1 amide bonds. The number of hydrogen-bond donors (Lipinski definition) is 2. The highest BCUT2D eigenvalue weighted by atomic mass is 32.2. The van der Waals surface area contributed by atoms with Crippen LogP contribution in [0.2, 0.25) is 0 Å². The number of thioether (sulfide) groups is 1. The Morgan fingerprint density at radius 3 is 3.11 bits per heavy atom. The Labute approximate surface area is 118 Å². The largest absolute Gasteiger partial charge is 0.368 e. The Hall–Kier alpha value is -1.01. The average molecular weight is 282 g/mol. The number of likely N-dealkylation sites (N-methyl/N-ethyl adjacent to an activating group) is 1. The van der Waals surface area contributed by atoms with Crippen LogP contribution in [0.15, 0.2) is 17.3 Å². The predicted octanol–water partition coefficient (Wildman–Crippen LogP) is 1.29. The second-order valence-corrected chi connectivity index (χ2v) is 6.54. The van der Waals surface area contributed by atoms with Crippen LogP contribution >= 0.6 is 11.8 Å². The van der Waals surface area contributed by atoms with Crippen molar-refractivity contribution in [1.82, 2.24) is 15.1 Å². The summed E-state index contributed by atoms with van der Waals surface area (Å²) in [6.45, 7) is 2.79. The third-order valence-corrected chi connectivity index (χ3v) is 4.90. The van der Waals surface area contributed by atoms with E-state index in [1.807, 2.05) is 26.4 Å². The van der Waals surface area contributed by atoms with Gasteiger partial charge in [-0.05, 0) is 32.2 Å². The number of nitrogens with one attached hydrogen (secondary N) is 1. The fourth-order valence-electron chi connectivity index (χ4n) is 2.79. The topological polar surface area (TPSA) is 72.9 Å². The van der Waals surface area contributed by atoms with Crippen molar-refractivity contribution in [2.75, 3.05) is 6.54 Å². The van der Waals surface area contributed by atoms with Gasteiger partial charge < -0.3 is 11.1 Å². The standard InChI is InChI=1S/C13H22N4OS/c1-3-15-13(12(14)18)6-4-5-10(7-13)19-11-8-16-17(2)9-11/h8-10,15H,3-7H2,1-2H3,(H2,14,18). The zero-order chi connectivity index (χ0) is 13.9. The Balaban J connectivity index is 2.05. The summed E-state index contributed by atoms with van der Waals surface area (Å²) in [7, 11) is 1.91. The summed E-state index contributed by atoms with van der Waals surface area (Å²) in [5, 5.41) is 7.91. The molecule has 1 aromatic heterocycles. The number of carbonyl (C=O) groups is 1. The number of primary amides is 1. The SMILES string of the molecule is CCNC1(C(N)=O)CCCC(Sc2cnn(C)c2)C1. The van der Waals surface area contributed by atoms with Gasteiger partial charge in [0.1, 0.15) is 0 Å². The van der Waals surface area contributed by atoms with Gasteiger partial charge in [0, 0.05) is 23.4 Å². The van der Waals surface area contributed by atoms with Crippen LogP contribution in [0.25, 0.3) is 0 Å². The molecule has 0 aromatic carbocycles. The van der Waals surface area contributed by atoms with Crippen LogP contribution in [-0.4, -0.2) is 33.0 Å². The van der Waals surface area contributed by atoms with Gasteiger partial charge in [-0.15, -0.1) is 11.8 Å². The second kappa shape index (κ2) is 5.96. The van der Waals surface area contributed by atoms with Gasteiger partial charge in [0.25, 0.3) is 0 Å². The van der Waals surface area contributed by atoms with Crippen LogP contribution in [0.4, 0.5) is 0 Å². The summed E-state index contributed by atoms with van der Waals surface area (Å²) < 4.78 is 1.80. The lowest BCUT2D eigenvalue weighted by Crippen LogP contribution is -2.58. The van der Waals surface area contributed by atoms with Crippen molar-refractivity contribution in [2.24, 2.45) is 12.8 Å². The Bertz CT molecular complexity index is 444. The molecule has 0 spiro atoms. The van der Waals surface area contributed by atoms with Gasteiger partial charge in [-0.1, -0.05) is 6.92 Å². The van der Waals surface area contributed by atoms with E-state index >= 15 is 0 Å².